The van der Waals surface area contributed by atoms with Gasteiger partial charge >= 0.3 is 0 Å². The standard InChI is InChI=1S/C15H21ClFN/c1-11-3-2-6-15(8-11,10-18)9-12-4-5-13(16)14(17)7-12/h4-5,7,11H,2-3,6,8-10,18H2,1H3. The van der Waals surface area contributed by atoms with Crippen molar-refractivity contribution < 1.29 is 4.39 Å². The Morgan fingerprint density at radius 1 is 1.50 bits per heavy atom. The van der Waals surface area contributed by atoms with Gasteiger partial charge in [0, 0.05) is 0 Å². The Kier molecular flexibility index (Phi) is 4.29. The van der Waals surface area contributed by atoms with E-state index in [0.29, 0.717) is 6.54 Å². The van der Waals surface area contributed by atoms with Gasteiger partial charge in [0.05, 0.1) is 5.02 Å². The van der Waals surface area contributed by atoms with E-state index in [2.05, 4.69) is 6.92 Å². The molecule has 18 heavy (non-hydrogen) atoms. The topological polar surface area (TPSA) is 26.0 Å². The van der Waals surface area contributed by atoms with Crippen LogP contribution in [0.4, 0.5) is 4.39 Å². The molecule has 0 bridgehead atoms. The van der Waals surface area contributed by atoms with Crippen LogP contribution in [-0.4, -0.2) is 6.54 Å². The first kappa shape index (κ1) is 13.8. The highest BCUT2D eigenvalue weighted by Crippen LogP contribution is 2.41. The molecule has 0 heterocycles. The average molecular weight is 270 g/mol. The first-order valence-corrected chi connectivity index (χ1v) is 7.06. The molecule has 1 aromatic carbocycles. The summed E-state index contributed by atoms with van der Waals surface area (Å²) in [5, 5.41) is 0.192. The van der Waals surface area contributed by atoms with Crippen molar-refractivity contribution in [2.75, 3.05) is 6.54 Å². The third-order valence-corrected chi connectivity index (χ3v) is 4.49. The highest BCUT2D eigenvalue weighted by molar-refractivity contribution is 6.30. The third-order valence-electron chi connectivity index (χ3n) is 4.18. The zero-order valence-electron chi connectivity index (χ0n) is 10.9. The van der Waals surface area contributed by atoms with Crippen LogP contribution in [0.25, 0.3) is 0 Å². The van der Waals surface area contributed by atoms with Gasteiger partial charge in [-0.3, -0.25) is 0 Å². The number of hydrogen-bond acceptors (Lipinski definition) is 1. The summed E-state index contributed by atoms with van der Waals surface area (Å²) in [6.45, 7) is 2.97. The van der Waals surface area contributed by atoms with E-state index in [9.17, 15) is 4.39 Å². The predicted octanol–water partition coefficient (Wildman–Crippen LogP) is 4.18. The fourth-order valence-corrected chi connectivity index (χ4v) is 3.39. The monoisotopic (exact) mass is 269 g/mol. The van der Waals surface area contributed by atoms with Crippen LogP contribution in [0.3, 0.4) is 0 Å². The Balaban J connectivity index is 2.16. The average Bonchev–Trinajstić information content (AvgIpc) is 2.34. The molecule has 1 fully saturated rings. The van der Waals surface area contributed by atoms with Crippen LogP contribution in [0.2, 0.25) is 5.02 Å². The van der Waals surface area contributed by atoms with Gasteiger partial charge in [-0.15, -0.1) is 0 Å². The molecule has 2 N–H and O–H groups in total. The predicted molar refractivity (Wildman–Crippen MR) is 74.2 cm³/mol. The van der Waals surface area contributed by atoms with Crippen molar-refractivity contribution in [1.29, 1.82) is 0 Å². The minimum atomic E-state index is -0.329. The van der Waals surface area contributed by atoms with Crippen LogP contribution in [0.1, 0.15) is 38.2 Å². The lowest BCUT2D eigenvalue weighted by Crippen LogP contribution is -2.37. The van der Waals surface area contributed by atoms with Gasteiger partial charge in [0.2, 0.25) is 0 Å². The lowest BCUT2D eigenvalue weighted by molar-refractivity contribution is 0.154. The van der Waals surface area contributed by atoms with Crippen LogP contribution < -0.4 is 5.73 Å². The fourth-order valence-electron chi connectivity index (χ4n) is 3.27. The molecule has 1 aliphatic rings. The molecule has 1 saturated carbocycles. The number of rotatable bonds is 3. The number of benzene rings is 1. The molecule has 0 radical (unpaired) electrons. The van der Waals surface area contributed by atoms with Gasteiger partial charge in [0.1, 0.15) is 5.82 Å². The van der Waals surface area contributed by atoms with E-state index in [-0.39, 0.29) is 16.3 Å². The molecule has 0 aliphatic heterocycles. The summed E-state index contributed by atoms with van der Waals surface area (Å²) in [6.07, 6.45) is 5.68. The minimum absolute atomic E-state index is 0.151. The van der Waals surface area contributed by atoms with Gasteiger partial charge in [0.25, 0.3) is 0 Å². The molecule has 0 saturated heterocycles. The Hall–Kier alpha value is -0.600. The van der Waals surface area contributed by atoms with Gasteiger partial charge in [-0.1, -0.05) is 37.4 Å². The maximum atomic E-state index is 13.5. The highest BCUT2D eigenvalue weighted by atomic mass is 35.5. The Labute approximate surface area is 114 Å². The smallest absolute Gasteiger partial charge is 0.142 e. The first-order valence-electron chi connectivity index (χ1n) is 6.69. The van der Waals surface area contributed by atoms with Crippen molar-refractivity contribution in [3.05, 3.63) is 34.6 Å². The van der Waals surface area contributed by atoms with E-state index in [0.717, 1.165) is 30.7 Å². The molecule has 0 spiro atoms. The molecule has 1 aliphatic carbocycles. The van der Waals surface area contributed by atoms with Gasteiger partial charge in [-0.25, -0.2) is 4.39 Å². The summed E-state index contributed by atoms with van der Waals surface area (Å²) < 4.78 is 13.5. The van der Waals surface area contributed by atoms with E-state index in [4.69, 9.17) is 17.3 Å². The van der Waals surface area contributed by atoms with Crippen molar-refractivity contribution in [3.63, 3.8) is 0 Å². The molecule has 0 aromatic heterocycles. The first-order chi connectivity index (χ1) is 8.54. The summed E-state index contributed by atoms with van der Waals surface area (Å²) in [7, 11) is 0. The lowest BCUT2D eigenvalue weighted by Gasteiger charge is -2.39. The SMILES string of the molecule is CC1CCCC(CN)(Cc2ccc(Cl)c(F)c2)C1. The molecule has 2 atom stereocenters. The molecule has 3 heteroatoms. The molecule has 0 amide bonds. The Morgan fingerprint density at radius 2 is 2.28 bits per heavy atom. The van der Waals surface area contributed by atoms with Crippen molar-refractivity contribution in [2.24, 2.45) is 17.1 Å². The van der Waals surface area contributed by atoms with Crippen LogP contribution >= 0.6 is 11.6 Å². The molecular weight excluding hydrogens is 249 g/mol. The second-order valence-electron chi connectivity index (χ2n) is 5.83. The molecule has 1 nitrogen and oxygen atoms in total. The minimum Gasteiger partial charge on any atom is -0.330 e. The van der Waals surface area contributed by atoms with Crippen molar-refractivity contribution in [3.8, 4) is 0 Å². The summed E-state index contributed by atoms with van der Waals surface area (Å²) in [5.74, 6) is 0.393. The number of halogens is 2. The molecular formula is C15H21ClFN. The van der Waals surface area contributed by atoms with Crippen LogP contribution in [-0.2, 0) is 6.42 Å². The van der Waals surface area contributed by atoms with E-state index >= 15 is 0 Å². The van der Waals surface area contributed by atoms with Gasteiger partial charge in [0.15, 0.2) is 0 Å². The largest absolute Gasteiger partial charge is 0.330 e. The summed E-state index contributed by atoms with van der Waals surface area (Å²) in [5.41, 5.74) is 7.16. The summed E-state index contributed by atoms with van der Waals surface area (Å²) >= 11 is 5.72. The summed E-state index contributed by atoms with van der Waals surface area (Å²) in [6, 6.07) is 5.11. The molecule has 100 valence electrons. The number of nitrogens with two attached hydrogens (primary N) is 1. The third kappa shape index (κ3) is 3.04. The van der Waals surface area contributed by atoms with E-state index in [1.165, 1.54) is 12.8 Å². The summed E-state index contributed by atoms with van der Waals surface area (Å²) in [4.78, 5) is 0. The zero-order valence-corrected chi connectivity index (χ0v) is 11.6. The van der Waals surface area contributed by atoms with Crippen LogP contribution in [0.5, 0.6) is 0 Å². The van der Waals surface area contributed by atoms with Gasteiger partial charge in [-0.05, 0) is 54.8 Å². The van der Waals surface area contributed by atoms with Crippen molar-refractivity contribution in [1.82, 2.24) is 0 Å². The molecule has 1 aromatic rings. The van der Waals surface area contributed by atoms with E-state index in [1.54, 1.807) is 12.1 Å². The van der Waals surface area contributed by atoms with E-state index < -0.39 is 0 Å². The Morgan fingerprint density at radius 3 is 2.89 bits per heavy atom. The van der Waals surface area contributed by atoms with E-state index in [1.807, 2.05) is 6.07 Å². The number of hydrogen-bond donors (Lipinski definition) is 1. The van der Waals surface area contributed by atoms with Gasteiger partial charge in [-0.2, -0.15) is 0 Å². The second kappa shape index (κ2) is 5.58. The zero-order chi connectivity index (χ0) is 13.2. The Bertz CT molecular complexity index is 421. The van der Waals surface area contributed by atoms with Crippen molar-refractivity contribution in [2.45, 2.75) is 39.0 Å². The maximum absolute atomic E-state index is 13.5. The fraction of sp³-hybridized carbons (Fsp3) is 0.600. The normalized spacial score (nSPS) is 28.3. The lowest BCUT2D eigenvalue weighted by atomic mass is 9.67. The highest BCUT2D eigenvalue weighted by Gasteiger charge is 2.33. The molecule has 2 unspecified atom stereocenters. The van der Waals surface area contributed by atoms with Crippen LogP contribution in [0.15, 0.2) is 18.2 Å². The second-order valence-corrected chi connectivity index (χ2v) is 6.24. The van der Waals surface area contributed by atoms with Crippen molar-refractivity contribution >= 4 is 11.6 Å². The quantitative estimate of drug-likeness (QED) is 0.875. The molecule has 2 rings (SSSR count). The van der Waals surface area contributed by atoms with Gasteiger partial charge < -0.3 is 5.73 Å². The van der Waals surface area contributed by atoms with Crippen LogP contribution in [0, 0.1) is 17.2 Å². The maximum Gasteiger partial charge on any atom is 0.142 e.